The van der Waals surface area contributed by atoms with Crippen LogP contribution in [0.4, 0.5) is 13.2 Å². The fourth-order valence-electron chi connectivity index (χ4n) is 1.50. The molecule has 19 heavy (non-hydrogen) atoms. The summed E-state index contributed by atoms with van der Waals surface area (Å²) >= 11 is 0. The topological polar surface area (TPSA) is 39.2 Å². The van der Waals surface area contributed by atoms with Crippen LogP contribution < -0.4 is 4.74 Å². The fourth-order valence-corrected chi connectivity index (χ4v) is 1.50. The van der Waals surface area contributed by atoms with Crippen LogP contribution in [-0.2, 0) is 0 Å². The van der Waals surface area contributed by atoms with Gasteiger partial charge in [0.1, 0.15) is 11.4 Å². The highest BCUT2D eigenvalue weighted by Gasteiger charge is 2.33. The molecular formula is C13H8F3NO2. The van der Waals surface area contributed by atoms with Crippen LogP contribution in [0.2, 0.25) is 0 Å². The Morgan fingerprint density at radius 1 is 1.05 bits per heavy atom. The maximum Gasteiger partial charge on any atom is 0.573 e. The second-order valence-electron chi connectivity index (χ2n) is 3.59. The van der Waals surface area contributed by atoms with Crippen molar-refractivity contribution >= 4 is 5.78 Å². The molecule has 1 aromatic carbocycles. The molecule has 6 heteroatoms. The Labute approximate surface area is 106 Å². The minimum atomic E-state index is -4.85. The van der Waals surface area contributed by atoms with E-state index >= 15 is 0 Å². The number of halogens is 3. The average Bonchev–Trinajstić information content (AvgIpc) is 2.38. The number of pyridine rings is 1. The molecule has 98 valence electrons. The van der Waals surface area contributed by atoms with Crippen LogP contribution in [0.1, 0.15) is 16.1 Å². The molecule has 1 aromatic heterocycles. The number of para-hydroxylation sites is 1. The van der Waals surface area contributed by atoms with Gasteiger partial charge in [0.2, 0.25) is 5.78 Å². The molecule has 0 atom stereocenters. The van der Waals surface area contributed by atoms with Gasteiger partial charge in [-0.25, -0.2) is 0 Å². The first-order valence-electron chi connectivity index (χ1n) is 5.28. The van der Waals surface area contributed by atoms with Gasteiger partial charge in [0.15, 0.2) is 0 Å². The van der Waals surface area contributed by atoms with Crippen molar-refractivity contribution in [1.29, 1.82) is 0 Å². The van der Waals surface area contributed by atoms with E-state index in [0.29, 0.717) is 0 Å². The molecule has 0 amide bonds. The minimum absolute atomic E-state index is 0.0562. The Hall–Kier alpha value is -2.37. The van der Waals surface area contributed by atoms with Crippen molar-refractivity contribution in [2.75, 3.05) is 0 Å². The Morgan fingerprint density at radius 3 is 2.37 bits per heavy atom. The summed E-state index contributed by atoms with van der Waals surface area (Å²) in [6.07, 6.45) is -3.46. The van der Waals surface area contributed by atoms with Crippen LogP contribution in [-0.4, -0.2) is 17.1 Å². The molecule has 0 fully saturated rings. The van der Waals surface area contributed by atoms with Crippen molar-refractivity contribution in [2.24, 2.45) is 0 Å². The Morgan fingerprint density at radius 2 is 1.74 bits per heavy atom. The molecule has 0 aliphatic heterocycles. The molecule has 0 aliphatic carbocycles. The van der Waals surface area contributed by atoms with Crippen LogP contribution in [0, 0.1) is 0 Å². The molecule has 0 saturated heterocycles. The largest absolute Gasteiger partial charge is 0.573 e. The molecule has 2 rings (SSSR count). The SMILES string of the molecule is O=C(c1ccccn1)c1ccccc1OC(F)(F)F. The third kappa shape index (κ3) is 3.31. The van der Waals surface area contributed by atoms with E-state index in [9.17, 15) is 18.0 Å². The average molecular weight is 267 g/mol. The number of carbonyl (C=O) groups is 1. The second-order valence-corrected chi connectivity index (χ2v) is 3.59. The van der Waals surface area contributed by atoms with Crippen molar-refractivity contribution < 1.29 is 22.7 Å². The number of rotatable bonds is 3. The summed E-state index contributed by atoms with van der Waals surface area (Å²) in [4.78, 5) is 15.8. The summed E-state index contributed by atoms with van der Waals surface area (Å²) in [5, 5.41) is 0. The van der Waals surface area contributed by atoms with E-state index in [-0.39, 0.29) is 11.3 Å². The molecule has 1 heterocycles. The molecule has 0 N–H and O–H groups in total. The summed E-state index contributed by atoms with van der Waals surface area (Å²) in [6, 6.07) is 9.77. The number of ketones is 1. The van der Waals surface area contributed by atoms with Crippen LogP contribution in [0.15, 0.2) is 48.7 Å². The van der Waals surface area contributed by atoms with E-state index < -0.39 is 17.9 Å². The third-order valence-corrected chi connectivity index (χ3v) is 2.25. The van der Waals surface area contributed by atoms with Crippen molar-refractivity contribution in [3.8, 4) is 5.75 Å². The summed E-state index contributed by atoms with van der Waals surface area (Å²) < 4.78 is 40.5. The fraction of sp³-hybridized carbons (Fsp3) is 0.0769. The number of nitrogens with zero attached hydrogens (tertiary/aromatic N) is 1. The number of benzene rings is 1. The predicted molar refractivity (Wildman–Crippen MR) is 60.8 cm³/mol. The first kappa shape index (κ1) is 13.1. The van der Waals surface area contributed by atoms with Crippen molar-refractivity contribution in [1.82, 2.24) is 4.98 Å². The molecule has 0 radical (unpaired) electrons. The Kier molecular flexibility index (Phi) is 3.50. The van der Waals surface area contributed by atoms with Gasteiger partial charge in [-0.2, -0.15) is 0 Å². The minimum Gasteiger partial charge on any atom is -0.405 e. The molecular weight excluding hydrogens is 259 g/mol. The quantitative estimate of drug-likeness (QED) is 0.801. The second kappa shape index (κ2) is 5.09. The van der Waals surface area contributed by atoms with Crippen LogP contribution in [0.25, 0.3) is 0 Å². The lowest BCUT2D eigenvalue weighted by molar-refractivity contribution is -0.274. The zero-order valence-electron chi connectivity index (χ0n) is 9.52. The van der Waals surface area contributed by atoms with Crippen molar-refractivity contribution in [3.63, 3.8) is 0 Å². The van der Waals surface area contributed by atoms with Crippen LogP contribution in [0.3, 0.4) is 0 Å². The van der Waals surface area contributed by atoms with Gasteiger partial charge in [-0.1, -0.05) is 18.2 Å². The summed E-state index contributed by atoms with van der Waals surface area (Å²) in [7, 11) is 0. The zero-order chi connectivity index (χ0) is 13.9. The van der Waals surface area contributed by atoms with Gasteiger partial charge in [-0.3, -0.25) is 9.78 Å². The zero-order valence-corrected chi connectivity index (χ0v) is 9.52. The number of hydrogen-bond donors (Lipinski definition) is 0. The number of alkyl halides is 3. The third-order valence-electron chi connectivity index (χ3n) is 2.25. The molecule has 0 bridgehead atoms. The molecule has 0 unspecified atom stereocenters. The van der Waals surface area contributed by atoms with E-state index in [2.05, 4.69) is 9.72 Å². The highest BCUT2D eigenvalue weighted by atomic mass is 19.4. The standard InChI is InChI=1S/C13H8F3NO2/c14-13(15,16)19-11-7-2-1-5-9(11)12(18)10-6-3-4-8-17-10/h1-8H. The smallest absolute Gasteiger partial charge is 0.405 e. The van der Waals surface area contributed by atoms with Gasteiger partial charge in [-0.05, 0) is 24.3 Å². The van der Waals surface area contributed by atoms with E-state index in [4.69, 9.17) is 0 Å². The predicted octanol–water partition coefficient (Wildman–Crippen LogP) is 3.21. The van der Waals surface area contributed by atoms with E-state index in [0.717, 1.165) is 6.07 Å². The summed E-state index contributed by atoms with van der Waals surface area (Å²) in [5.74, 6) is -1.16. The van der Waals surface area contributed by atoms with E-state index in [1.54, 1.807) is 12.1 Å². The van der Waals surface area contributed by atoms with Gasteiger partial charge in [0, 0.05) is 6.20 Å². The normalized spacial score (nSPS) is 11.1. The molecule has 0 aliphatic rings. The first-order chi connectivity index (χ1) is 8.97. The number of ether oxygens (including phenoxy) is 1. The van der Waals surface area contributed by atoms with Gasteiger partial charge in [0.05, 0.1) is 5.56 Å². The number of aromatic nitrogens is 1. The van der Waals surface area contributed by atoms with Gasteiger partial charge in [0.25, 0.3) is 0 Å². The maximum absolute atomic E-state index is 12.2. The highest BCUT2D eigenvalue weighted by molar-refractivity contribution is 6.09. The monoisotopic (exact) mass is 267 g/mol. The van der Waals surface area contributed by atoms with Gasteiger partial charge in [-0.15, -0.1) is 13.2 Å². The van der Waals surface area contributed by atoms with Crippen LogP contribution in [0.5, 0.6) is 5.75 Å². The van der Waals surface area contributed by atoms with Gasteiger partial charge >= 0.3 is 6.36 Å². The van der Waals surface area contributed by atoms with E-state index in [1.165, 1.54) is 30.5 Å². The van der Waals surface area contributed by atoms with Crippen molar-refractivity contribution in [3.05, 3.63) is 59.9 Å². The molecule has 3 nitrogen and oxygen atoms in total. The van der Waals surface area contributed by atoms with E-state index in [1.807, 2.05) is 0 Å². The summed E-state index contributed by atoms with van der Waals surface area (Å²) in [5.41, 5.74) is -0.126. The lowest BCUT2D eigenvalue weighted by Crippen LogP contribution is -2.19. The molecule has 0 spiro atoms. The highest BCUT2D eigenvalue weighted by Crippen LogP contribution is 2.27. The lowest BCUT2D eigenvalue weighted by atomic mass is 10.1. The van der Waals surface area contributed by atoms with Crippen molar-refractivity contribution in [2.45, 2.75) is 6.36 Å². The first-order valence-corrected chi connectivity index (χ1v) is 5.28. The summed E-state index contributed by atoms with van der Waals surface area (Å²) in [6.45, 7) is 0. The number of carbonyl (C=O) groups excluding carboxylic acids is 1. The lowest BCUT2D eigenvalue weighted by Gasteiger charge is -2.12. The molecule has 2 aromatic rings. The van der Waals surface area contributed by atoms with Gasteiger partial charge < -0.3 is 4.74 Å². The Bertz CT molecular complexity index is 582. The molecule has 0 saturated carbocycles. The van der Waals surface area contributed by atoms with Crippen LogP contribution >= 0.6 is 0 Å². The number of hydrogen-bond acceptors (Lipinski definition) is 3. The Balaban J connectivity index is 2.38. The maximum atomic E-state index is 12.2.